The first-order valence-electron chi connectivity index (χ1n) is 10.2. The number of nitrogens with zero attached hydrogens (tertiary/aromatic N) is 3. The summed E-state index contributed by atoms with van der Waals surface area (Å²) < 4.78 is 16.2. The van der Waals surface area contributed by atoms with E-state index in [1.165, 1.54) is 29.2 Å². The highest BCUT2D eigenvalue weighted by molar-refractivity contribution is 7.14. The zero-order valence-electron chi connectivity index (χ0n) is 18.4. The Hall–Kier alpha value is -4.36. The third-order valence-corrected chi connectivity index (χ3v) is 5.65. The van der Waals surface area contributed by atoms with Crippen LogP contribution in [0.2, 0.25) is 0 Å². The lowest BCUT2D eigenvalue weighted by molar-refractivity contribution is -0.116. The van der Waals surface area contributed by atoms with Gasteiger partial charge in [0.2, 0.25) is 5.91 Å². The quantitative estimate of drug-likeness (QED) is 0.420. The Bertz CT molecular complexity index is 1290. The van der Waals surface area contributed by atoms with Crippen LogP contribution in [0.3, 0.4) is 0 Å². The van der Waals surface area contributed by atoms with Gasteiger partial charge in [0, 0.05) is 24.1 Å². The second kappa shape index (κ2) is 10.1. The molecule has 2 aromatic carbocycles. The van der Waals surface area contributed by atoms with Crippen molar-refractivity contribution in [2.75, 3.05) is 30.5 Å². The third kappa shape index (κ3) is 5.00. The molecule has 0 atom stereocenters. The molecule has 0 saturated carbocycles. The molecule has 0 bridgehead atoms. The Morgan fingerprint density at radius 3 is 2.59 bits per heavy atom. The van der Waals surface area contributed by atoms with E-state index in [2.05, 4.69) is 10.3 Å². The number of ether oxygens (including phenoxy) is 3. The van der Waals surface area contributed by atoms with Gasteiger partial charge in [-0.15, -0.1) is 11.3 Å². The number of methoxy groups -OCH3 is 1. The van der Waals surface area contributed by atoms with Crippen molar-refractivity contribution in [3.05, 3.63) is 59.1 Å². The van der Waals surface area contributed by atoms with E-state index in [9.17, 15) is 14.9 Å². The van der Waals surface area contributed by atoms with E-state index in [-0.39, 0.29) is 11.5 Å². The Balaban J connectivity index is 1.53. The fourth-order valence-electron chi connectivity index (χ4n) is 3.22. The Morgan fingerprint density at radius 1 is 1.18 bits per heavy atom. The molecule has 0 radical (unpaired) electrons. The molecule has 0 aliphatic carbocycles. The lowest BCUT2D eigenvalue weighted by Gasteiger charge is -2.18. The van der Waals surface area contributed by atoms with Crippen LogP contribution in [-0.2, 0) is 9.59 Å². The van der Waals surface area contributed by atoms with Crippen LogP contribution in [0.15, 0.2) is 53.4 Å². The molecule has 172 valence electrons. The van der Waals surface area contributed by atoms with E-state index in [1.54, 1.807) is 55.0 Å². The molecule has 34 heavy (non-hydrogen) atoms. The zero-order chi connectivity index (χ0) is 24.1. The first kappa shape index (κ1) is 22.8. The number of benzene rings is 2. The molecule has 1 N–H and O–H groups in total. The molecule has 3 aromatic rings. The topological polar surface area (TPSA) is 114 Å². The number of rotatable bonds is 6. The van der Waals surface area contributed by atoms with Crippen LogP contribution in [0.25, 0.3) is 6.08 Å². The van der Waals surface area contributed by atoms with Crippen molar-refractivity contribution < 1.29 is 23.8 Å². The van der Waals surface area contributed by atoms with Gasteiger partial charge in [-0.2, -0.15) is 5.26 Å². The minimum Gasteiger partial charge on any atom is -0.497 e. The molecule has 9 nitrogen and oxygen atoms in total. The van der Waals surface area contributed by atoms with E-state index < -0.39 is 5.91 Å². The molecular weight excluding hydrogens is 456 g/mol. The standard InChI is InChI=1S/C24H20N4O5S/c1-15(29)28(19-4-6-20(31-2)7-5-19)24-27-18(14-34-24)11-16(13-25)23(30)26-17-3-8-21-22(12-17)33-10-9-32-21/h3-8,11-12,14H,9-10H2,1-2H3,(H,26,30)/b16-11+. The Labute approximate surface area is 199 Å². The largest absolute Gasteiger partial charge is 0.497 e. The number of anilines is 3. The molecule has 4 rings (SSSR count). The van der Waals surface area contributed by atoms with Crippen LogP contribution in [0, 0.1) is 11.3 Å². The molecule has 0 unspecified atom stereocenters. The summed E-state index contributed by atoms with van der Waals surface area (Å²) in [4.78, 5) is 30.9. The lowest BCUT2D eigenvalue weighted by atomic mass is 10.2. The number of nitriles is 1. The van der Waals surface area contributed by atoms with Crippen molar-refractivity contribution >= 4 is 45.7 Å². The smallest absolute Gasteiger partial charge is 0.266 e. The maximum atomic E-state index is 12.7. The summed E-state index contributed by atoms with van der Waals surface area (Å²) in [6.45, 7) is 2.32. The van der Waals surface area contributed by atoms with Gasteiger partial charge in [-0.25, -0.2) is 4.98 Å². The molecule has 0 fully saturated rings. The third-order valence-electron chi connectivity index (χ3n) is 4.80. The predicted molar refractivity (Wildman–Crippen MR) is 128 cm³/mol. The number of nitrogens with one attached hydrogen (secondary N) is 1. The van der Waals surface area contributed by atoms with Gasteiger partial charge < -0.3 is 19.5 Å². The highest BCUT2D eigenvalue weighted by Gasteiger charge is 2.19. The molecule has 1 aliphatic heterocycles. The van der Waals surface area contributed by atoms with E-state index in [4.69, 9.17) is 14.2 Å². The monoisotopic (exact) mass is 476 g/mol. The van der Waals surface area contributed by atoms with Crippen molar-refractivity contribution in [3.8, 4) is 23.3 Å². The number of carbonyl (C=O) groups excluding carboxylic acids is 2. The highest BCUT2D eigenvalue weighted by Crippen LogP contribution is 2.33. The number of carbonyl (C=O) groups is 2. The van der Waals surface area contributed by atoms with Crippen molar-refractivity contribution in [1.29, 1.82) is 5.26 Å². The van der Waals surface area contributed by atoms with Gasteiger partial charge in [0.1, 0.15) is 30.6 Å². The molecule has 0 saturated heterocycles. The number of fused-ring (bicyclic) bond motifs is 1. The summed E-state index contributed by atoms with van der Waals surface area (Å²) >= 11 is 1.22. The van der Waals surface area contributed by atoms with Crippen LogP contribution in [-0.4, -0.2) is 37.1 Å². The van der Waals surface area contributed by atoms with Gasteiger partial charge in [0.25, 0.3) is 5.91 Å². The van der Waals surface area contributed by atoms with Crippen LogP contribution in [0.1, 0.15) is 12.6 Å². The first-order valence-corrected chi connectivity index (χ1v) is 11.1. The van der Waals surface area contributed by atoms with Crippen LogP contribution >= 0.6 is 11.3 Å². The van der Waals surface area contributed by atoms with E-state index in [1.807, 2.05) is 6.07 Å². The Morgan fingerprint density at radius 2 is 1.91 bits per heavy atom. The fraction of sp³-hybridized carbons (Fsp3) is 0.167. The summed E-state index contributed by atoms with van der Waals surface area (Å²) in [6.07, 6.45) is 1.37. The van der Waals surface area contributed by atoms with E-state index in [0.29, 0.717) is 52.7 Å². The summed E-state index contributed by atoms with van der Waals surface area (Å²) in [5.41, 5.74) is 1.34. The van der Waals surface area contributed by atoms with Gasteiger partial charge in [-0.3, -0.25) is 14.5 Å². The van der Waals surface area contributed by atoms with Crippen molar-refractivity contribution in [2.45, 2.75) is 6.92 Å². The number of hydrogen-bond acceptors (Lipinski definition) is 8. The molecule has 2 amide bonds. The molecule has 0 spiro atoms. The molecule has 2 heterocycles. The van der Waals surface area contributed by atoms with Gasteiger partial charge in [0.05, 0.1) is 18.5 Å². The number of aromatic nitrogens is 1. The van der Waals surface area contributed by atoms with Crippen molar-refractivity contribution in [1.82, 2.24) is 4.98 Å². The number of amides is 2. The second-order valence-corrected chi connectivity index (χ2v) is 7.93. The van der Waals surface area contributed by atoms with E-state index >= 15 is 0 Å². The maximum Gasteiger partial charge on any atom is 0.266 e. The lowest BCUT2D eigenvalue weighted by Crippen LogP contribution is -2.22. The summed E-state index contributed by atoms with van der Waals surface area (Å²) in [5, 5.41) is 14.3. The Kier molecular flexibility index (Phi) is 6.75. The SMILES string of the molecule is COc1ccc(N(C(C)=O)c2nc(/C=C(\C#N)C(=O)Nc3ccc4c(c3)OCCO4)cs2)cc1. The van der Waals surface area contributed by atoms with Gasteiger partial charge in [-0.1, -0.05) is 0 Å². The van der Waals surface area contributed by atoms with Crippen LogP contribution < -0.4 is 24.4 Å². The minimum atomic E-state index is -0.590. The van der Waals surface area contributed by atoms with Gasteiger partial charge in [-0.05, 0) is 42.5 Å². The summed E-state index contributed by atoms with van der Waals surface area (Å²) in [5.74, 6) is 0.970. The maximum absolute atomic E-state index is 12.7. The van der Waals surface area contributed by atoms with Crippen molar-refractivity contribution in [3.63, 3.8) is 0 Å². The highest BCUT2D eigenvalue weighted by atomic mass is 32.1. The summed E-state index contributed by atoms with van der Waals surface area (Å²) in [6, 6.07) is 13.9. The van der Waals surface area contributed by atoms with Crippen LogP contribution in [0.4, 0.5) is 16.5 Å². The normalized spacial score (nSPS) is 12.4. The zero-order valence-corrected chi connectivity index (χ0v) is 19.2. The molecule has 1 aliphatic rings. The van der Waals surface area contributed by atoms with E-state index in [0.717, 1.165) is 0 Å². The number of hydrogen-bond donors (Lipinski definition) is 1. The fourth-order valence-corrected chi connectivity index (χ4v) is 4.06. The molecule has 1 aromatic heterocycles. The van der Waals surface area contributed by atoms with Gasteiger partial charge >= 0.3 is 0 Å². The van der Waals surface area contributed by atoms with Gasteiger partial charge in [0.15, 0.2) is 16.6 Å². The second-order valence-electron chi connectivity index (χ2n) is 7.09. The van der Waals surface area contributed by atoms with Crippen LogP contribution in [0.5, 0.6) is 17.2 Å². The molecular formula is C24H20N4O5S. The summed E-state index contributed by atoms with van der Waals surface area (Å²) in [7, 11) is 1.56. The van der Waals surface area contributed by atoms with Crippen molar-refractivity contribution in [2.24, 2.45) is 0 Å². The predicted octanol–water partition coefficient (Wildman–Crippen LogP) is 4.15. The number of thiazole rings is 1. The first-order chi connectivity index (χ1) is 16.5. The average Bonchev–Trinajstić information content (AvgIpc) is 3.30. The minimum absolute atomic E-state index is 0.134. The average molecular weight is 477 g/mol. The molecule has 10 heteroatoms.